The van der Waals surface area contributed by atoms with Gasteiger partial charge in [0.2, 0.25) is 0 Å². The van der Waals surface area contributed by atoms with Crippen molar-refractivity contribution in [3.63, 3.8) is 0 Å². The Balaban J connectivity index is 0.000000102. The average molecular weight is 1830 g/mol. The van der Waals surface area contributed by atoms with E-state index in [0.717, 1.165) is 162 Å². The number of hydrogen-bond acceptors (Lipinski definition) is 12. The molecule has 1 saturated carbocycles. The SMILES string of the molecule is c1ccc(-n2c3ccccc3c3cc(-c4ccc5c(c4)c4ccccc4n5-c4ncnc5c4oc4ccccc45)ccc32)cc1.c1ccc(-n2c3ccccc3c3cc(-c4ccc5c(c4)c4ccccc4n5-c4ncnc5c4oc4ccccc45)ccc32)cc1.c1ccc(N(c2ccc(-c3ccc4c(c3)C3CCCCC3N4c3ncnc4c3oc3ccccc34)cc2)c2ccc3oc4ccccc4c3c2)cc1. The van der Waals surface area contributed by atoms with Crippen molar-refractivity contribution in [3.05, 3.63) is 443 Å². The molecule has 670 valence electrons. The van der Waals surface area contributed by atoms with E-state index in [2.05, 4.69) is 383 Å². The molecular weight excluding hydrogens is 1750 g/mol. The van der Waals surface area contributed by atoms with Gasteiger partial charge in [-0.15, -0.1) is 0 Å². The first-order valence-corrected chi connectivity index (χ1v) is 48.4. The molecule has 0 spiro atoms. The molecule has 1 aliphatic heterocycles. The van der Waals surface area contributed by atoms with E-state index in [0.29, 0.717) is 23.1 Å². The fraction of sp³-hybridized carbons (Fsp3) is 0.0476. The third-order valence-corrected chi connectivity index (χ3v) is 29.3. The van der Waals surface area contributed by atoms with E-state index in [4.69, 9.17) is 32.6 Å². The Morgan fingerprint density at radius 1 is 0.225 bits per heavy atom. The normalized spacial score (nSPS) is 13.8. The van der Waals surface area contributed by atoms with Crippen LogP contribution in [-0.4, -0.2) is 54.2 Å². The Morgan fingerprint density at radius 3 is 1.02 bits per heavy atom. The average Bonchev–Trinajstić information content (AvgIpc) is 1.57. The maximum Gasteiger partial charge on any atom is 0.197 e. The molecule has 142 heavy (non-hydrogen) atoms. The number of para-hydroxylation sites is 11. The van der Waals surface area contributed by atoms with Gasteiger partial charge < -0.3 is 36.6 Å². The predicted molar refractivity (Wildman–Crippen MR) is 577 cm³/mol. The Labute approximate surface area is 811 Å². The first-order chi connectivity index (χ1) is 70.4. The first-order valence-electron chi connectivity index (χ1n) is 48.4. The highest BCUT2D eigenvalue weighted by molar-refractivity contribution is 6.18. The number of aromatic nitrogens is 10. The fourth-order valence-corrected chi connectivity index (χ4v) is 23.0. The summed E-state index contributed by atoms with van der Waals surface area (Å²) >= 11 is 0. The largest absolute Gasteiger partial charge is 0.456 e. The van der Waals surface area contributed by atoms with Gasteiger partial charge in [0.25, 0.3) is 0 Å². The molecule has 31 rings (SSSR count). The third kappa shape index (κ3) is 12.8. The fourth-order valence-electron chi connectivity index (χ4n) is 23.0. The van der Waals surface area contributed by atoms with Crippen LogP contribution in [0.15, 0.2) is 455 Å². The number of fused-ring (bicyclic) bond motifs is 27. The van der Waals surface area contributed by atoms with Crippen LogP contribution in [0, 0.1) is 0 Å². The minimum atomic E-state index is 0.344. The van der Waals surface area contributed by atoms with Crippen LogP contribution in [0.1, 0.15) is 37.2 Å². The topological polar surface area (TPSA) is 156 Å². The third-order valence-electron chi connectivity index (χ3n) is 29.3. The van der Waals surface area contributed by atoms with Crippen LogP contribution in [0.25, 0.3) is 232 Å². The van der Waals surface area contributed by atoms with Crippen molar-refractivity contribution in [2.45, 2.75) is 37.6 Å². The number of furan rings is 4. The molecule has 1 fully saturated rings. The van der Waals surface area contributed by atoms with Gasteiger partial charge in [-0.25, -0.2) is 29.9 Å². The van der Waals surface area contributed by atoms with Crippen molar-refractivity contribution < 1.29 is 17.7 Å². The van der Waals surface area contributed by atoms with Gasteiger partial charge in [-0.1, -0.05) is 237 Å². The van der Waals surface area contributed by atoms with Crippen LogP contribution >= 0.6 is 0 Å². The lowest BCUT2D eigenvalue weighted by Crippen LogP contribution is -2.33. The monoisotopic (exact) mass is 1830 g/mol. The number of nitrogens with zero attached hydrogens (tertiary/aromatic N) is 12. The zero-order valence-corrected chi connectivity index (χ0v) is 76.6. The molecule has 0 amide bonds. The van der Waals surface area contributed by atoms with E-state index in [1.54, 1.807) is 19.0 Å². The molecule has 0 N–H and O–H groups in total. The minimum absolute atomic E-state index is 0.344. The van der Waals surface area contributed by atoms with E-state index < -0.39 is 0 Å². The molecule has 2 unspecified atom stereocenters. The molecule has 2 aliphatic rings. The van der Waals surface area contributed by atoms with Crippen molar-refractivity contribution in [1.29, 1.82) is 0 Å². The van der Waals surface area contributed by atoms with E-state index in [1.165, 1.54) is 118 Å². The summed E-state index contributed by atoms with van der Waals surface area (Å²) in [5, 5.41) is 14.9. The molecule has 18 aromatic carbocycles. The molecular formula is C126H82N12O4. The molecule has 0 saturated heterocycles. The summed E-state index contributed by atoms with van der Waals surface area (Å²) in [6, 6.07) is 148. The molecule has 16 heteroatoms. The van der Waals surface area contributed by atoms with E-state index in [1.807, 2.05) is 78.9 Å². The molecule has 11 aromatic heterocycles. The first kappa shape index (κ1) is 80.5. The molecule has 0 radical (unpaired) electrons. The summed E-state index contributed by atoms with van der Waals surface area (Å²) in [5.41, 5.74) is 33.4. The van der Waals surface area contributed by atoms with E-state index in [-0.39, 0.29) is 0 Å². The summed E-state index contributed by atoms with van der Waals surface area (Å²) in [7, 11) is 0. The standard InChI is InChI=1S/C46H34N4O2.2C40H24N4O/c1-2-10-31(11-3-1)49(33-23-25-43-38(27-33)35-13-5-8-16-41(35)51-43)32-21-18-29(19-22-32)30-20-24-40-37(26-30)34-12-4-7-15-39(34)50(40)46-45-44(47-28-48-46)36-14-6-9-17-42(36)52-45;2*1-2-10-27(11-3-1)43-33-15-7-4-12-28(33)31-22-25(18-20-35(31)43)26-19-21-36-32(23-26)29-13-5-8-16-34(29)44(36)40-39-38(41-24-42-40)30-14-6-9-17-37(30)45-39/h1-3,5-6,8-11,13-14,16-28,34,39H,4,7,12,15H2;2*1-24H. The molecule has 2 atom stereocenters. The van der Waals surface area contributed by atoms with Gasteiger partial charge in [0.1, 0.15) is 63.4 Å². The second-order valence-corrected chi connectivity index (χ2v) is 37.0. The lowest BCUT2D eigenvalue weighted by atomic mass is 9.82. The second kappa shape index (κ2) is 32.4. The number of rotatable bonds is 11. The van der Waals surface area contributed by atoms with Crippen molar-refractivity contribution >= 4 is 204 Å². The molecule has 29 aromatic rings. The van der Waals surface area contributed by atoms with E-state index >= 15 is 0 Å². The summed E-state index contributed by atoms with van der Waals surface area (Å²) in [4.78, 5) is 33.0. The Bertz CT molecular complexity index is 9760. The summed E-state index contributed by atoms with van der Waals surface area (Å²) in [5.74, 6) is 2.80. The highest BCUT2D eigenvalue weighted by atomic mass is 16.3. The Hall–Kier alpha value is -18.8. The van der Waals surface area contributed by atoms with Crippen LogP contribution in [0.5, 0.6) is 0 Å². The lowest BCUT2D eigenvalue weighted by Gasteiger charge is -2.32. The van der Waals surface area contributed by atoms with Crippen LogP contribution in [0.4, 0.5) is 28.6 Å². The van der Waals surface area contributed by atoms with Crippen molar-refractivity contribution in [1.82, 2.24) is 48.2 Å². The molecule has 0 bridgehead atoms. The zero-order valence-electron chi connectivity index (χ0n) is 76.6. The van der Waals surface area contributed by atoms with Gasteiger partial charge in [-0.05, 0) is 246 Å². The Kier molecular flexibility index (Phi) is 18.4. The van der Waals surface area contributed by atoms with Gasteiger partial charge in [0.15, 0.2) is 34.2 Å². The van der Waals surface area contributed by atoms with Crippen LogP contribution in [0.3, 0.4) is 0 Å². The van der Waals surface area contributed by atoms with Crippen molar-refractivity contribution in [2.24, 2.45) is 0 Å². The van der Waals surface area contributed by atoms with Crippen LogP contribution in [-0.2, 0) is 0 Å². The van der Waals surface area contributed by atoms with Gasteiger partial charge >= 0.3 is 0 Å². The van der Waals surface area contributed by atoms with Gasteiger partial charge in [-0.2, -0.15) is 0 Å². The second-order valence-electron chi connectivity index (χ2n) is 37.0. The van der Waals surface area contributed by atoms with Crippen molar-refractivity contribution in [2.75, 3.05) is 9.80 Å². The highest BCUT2D eigenvalue weighted by Crippen LogP contribution is 2.54. The highest BCUT2D eigenvalue weighted by Gasteiger charge is 2.43. The lowest BCUT2D eigenvalue weighted by molar-refractivity contribution is 0.401. The van der Waals surface area contributed by atoms with Gasteiger partial charge in [0.05, 0.1) is 44.1 Å². The summed E-state index contributed by atoms with van der Waals surface area (Å²) < 4.78 is 34.4. The summed E-state index contributed by atoms with van der Waals surface area (Å²) in [6.45, 7) is 0. The maximum absolute atomic E-state index is 6.44. The van der Waals surface area contributed by atoms with E-state index in [9.17, 15) is 0 Å². The molecule has 12 heterocycles. The van der Waals surface area contributed by atoms with Crippen molar-refractivity contribution in [3.8, 4) is 56.4 Å². The van der Waals surface area contributed by atoms with Crippen LogP contribution < -0.4 is 9.80 Å². The zero-order chi connectivity index (χ0) is 93.1. The quantitative estimate of drug-likeness (QED) is 0.121. The smallest absolute Gasteiger partial charge is 0.197 e. The molecule has 16 nitrogen and oxygen atoms in total. The number of hydrogen-bond donors (Lipinski definition) is 0. The molecule has 1 aliphatic carbocycles. The minimum Gasteiger partial charge on any atom is -0.456 e. The maximum atomic E-state index is 6.44. The van der Waals surface area contributed by atoms with Gasteiger partial charge in [0, 0.05) is 116 Å². The van der Waals surface area contributed by atoms with Gasteiger partial charge in [-0.3, -0.25) is 9.13 Å². The number of anilines is 5. The predicted octanol–water partition coefficient (Wildman–Crippen LogP) is 33.1. The number of benzene rings is 18. The Morgan fingerprint density at radius 2 is 0.556 bits per heavy atom. The van der Waals surface area contributed by atoms with Crippen LogP contribution in [0.2, 0.25) is 0 Å². The summed E-state index contributed by atoms with van der Waals surface area (Å²) in [6.07, 6.45) is 9.73.